The molecular formula is C20H38N4O2. The maximum absolute atomic E-state index is 12.5. The van der Waals surface area contributed by atoms with Crippen molar-refractivity contribution in [2.45, 2.75) is 71.4 Å². The van der Waals surface area contributed by atoms with Crippen LogP contribution in [-0.2, 0) is 9.59 Å². The van der Waals surface area contributed by atoms with E-state index in [-0.39, 0.29) is 23.4 Å². The number of carbonyl (C=O) groups excluding carboxylic acids is 2. The van der Waals surface area contributed by atoms with Crippen LogP contribution in [0.1, 0.15) is 59.8 Å². The van der Waals surface area contributed by atoms with Crippen molar-refractivity contribution in [1.29, 1.82) is 0 Å². The van der Waals surface area contributed by atoms with E-state index in [9.17, 15) is 9.59 Å². The van der Waals surface area contributed by atoms with Gasteiger partial charge in [0, 0.05) is 44.8 Å². The van der Waals surface area contributed by atoms with Gasteiger partial charge in [-0.1, -0.05) is 19.8 Å². The van der Waals surface area contributed by atoms with Crippen LogP contribution in [0.2, 0.25) is 0 Å². The molecule has 0 aromatic heterocycles. The largest absolute Gasteiger partial charge is 0.350 e. The van der Waals surface area contributed by atoms with E-state index in [1.807, 2.05) is 11.8 Å². The van der Waals surface area contributed by atoms with Crippen molar-refractivity contribution < 1.29 is 9.59 Å². The van der Waals surface area contributed by atoms with E-state index in [1.54, 1.807) is 0 Å². The zero-order valence-electron chi connectivity index (χ0n) is 17.2. The molecule has 6 nitrogen and oxygen atoms in total. The summed E-state index contributed by atoms with van der Waals surface area (Å²) in [6, 6.07) is -0.121. The van der Waals surface area contributed by atoms with Gasteiger partial charge in [-0.3, -0.25) is 19.4 Å². The molecule has 0 radical (unpaired) electrons. The van der Waals surface area contributed by atoms with E-state index < -0.39 is 0 Å². The molecule has 1 atom stereocenters. The highest BCUT2D eigenvalue weighted by atomic mass is 16.2. The van der Waals surface area contributed by atoms with Crippen LogP contribution in [-0.4, -0.2) is 83.9 Å². The lowest BCUT2D eigenvalue weighted by atomic mass is 10.0. The second-order valence-electron chi connectivity index (χ2n) is 8.51. The number of nitrogens with zero attached hydrogens (tertiary/aromatic N) is 3. The van der Waals surface area contributed by atoms with Gasteiger partial charge in [-0.2, -0.15) is 0 Å². The quantitative estimate of drug-likeness (QED) is 0.777. The molecule has 2 aliphatic rings. The highest BCUT2D eigenvalue weighted by Gasteiger charge is 2.29. The van der Waals surface area contributed by atoms with Gasteiger partial charge in [-0.05, 0) is 40.0 Å². The average molecular weight is 367 g/mol. The second kappa shape index (κ2) is 9.70. The summed E-state index contributed by atoms with van der Waals surface area (Å²) in [6.45, 7) is 14.0. The van der Waals surface area contributed by atoms with Crippen LogP contribution in [0.15, 0.2) is 0 Å². The Morgan fingerprint density at radius 1 is 0.962 bits per heavy atom. The summed E-state index contributed by atoms with van der Waals surface area (Å²) >= 11 is 0. The number of nitrogens with one attached hydrogen (secondary N) is 1. The molecule has 150 valence electrons. The lowest BCUT2D eigenvalue weighted by Gasteiger charge is -2.38. The molecule has 2 fully saturated rings. The Balaban J connectivity index is 1.75. The maximum atomic E-state index is 12.5. The number of likely N-dealkylation sites (tertiary alicyclic amines) is 1. The van der Waals surface area contributed by atoms with Crippen molar-refractivity contribution in [3.05, 3.63) is 0 Å². The van der Waals surface area contributed by atoms with Crippen molar-refractivity contribution in [2.24, 2.45) is 0 Å². The fourth-order valence-electron chi connectivity index (χ4n) is 3.61. The van der Waals surface area contributed by atoms with Crippen LogP contribution in [0.25, 0.3) is 0 Å². The Hall–Kier alpha value is -1.14. The summed E-state index contributed by atoms with van der Waals surface area (Å²) in [5.74, 6) is 0.377. The predicted octanol–water partition coefficient (Wildman–Crippen LogP) is 1.70. The van der Waals surface area contributed by atoms with Gasteiger partial charge >= 0.3 is 0 Å². The van der Waals surface area contributed by atoms with E-state index in [0.29, 0.717) is 6.54 Å². The predicted molar refractivity (Wildman–Crippen MR) is 105 cm³/mol. The molecule has 26 heavy (non-hydrogen) atoms. The Morgan fingerprint density at radius 2 is 1.54 bits per heavy atom. The van der Waals surface area contributed by atoms with Crippen LogP contribution in [0.5, 0.6) is 0 Å². The molecule has 2 amide bonds. The number of carbonyl (C=O) groups is 2. The monoisotopic (exact) mass is 366 g/mol. The Morgan fingerprint density at radius 3 is 2.08 bits per heavy atom. The zero-order valence-corrected chi connectivity index (χ0v) is 17.2. The third kappa shape index (κ3) is 6.23. The number of hydrogen-bond acceptors (Lipinski definition) is 4. The van der Waals surface area contributed by atoms with Crippen molar-refractivity contribution in [3.8, 4) is 0 Å². The number of rotatable bonds is 6. The lowest BCUT2D eigenvalue weighted by Crippen LogP contribution is -2.57. The van der Waals surface area contributed by atoms with Crippen LogP contribution < -0.4 is 5.32 Å². The van der Waals surface area contributed by atoms with Gasteiger partial charge in [0.05, 0.1) is 12.6 Å². The van der Waals surface area contributed by atoms with E-state index in [1.165, 1.54) is 12.8 Å². The highest BCUT2D eigenvalue weighted by molar-refractivity contribution is 5.82. The van der Waals surface area contributed by atoms with E-state index in [2.05, 4.69) is 35.9 Å². The Kier molecular flexibility index (Phi) is 7.89. The molecule has 0 aromatic rings. The third-order valence-electron chi connectivity index (χ3n) is 6.00. The molecule has 0 aliphatic carbocycles. The molecule has 1 N–H and O–H groups in total. The summed E-state index contributed by atoms with van der Waals surface area (Å²) in [5.41, 5.74) is -0.160. The van der Waals surface area contributed by atoms with Gasteiger partial charge < -0.3 is 10.2 Å². The zero-order chi connectivity index (χ0) is 19.2. The smallest absolute Gasteiger partial charge is 0.237 e. The minimum Gasteiger partial charge on any atom is -0.350 e. The first kappa shape index (κ1) is 21.2. The minimum atomic E-state index is -0.160. The minimum absolute atomic E-state index is 0.103. The lowest BCUT2D eigenvalue weighted by molar-refractivity contribution is -0.134. The average Bonchev–Trinajstić information content (AvgIpc) is 2.91. The molecule has 0 bridgehead atoms. The molecule has 2 heterocycles. The molecule has 0 aromatic carbocycles. The fourth-order valence-corrected chi connectivity index (χ4v) is 3.61. The summed E-state index contributed by atoms with van der Waals surface area (Å²) in [7, 11) is 0. The van der Waals surface area contributed by atoms with Crippen molar-refractivity contribution in [1.82, 2.24) is 20.0 Å². The SMILES string of the molecule is CCC(C)(C)NC(=O)[C@H](C)N1CCN(CC(=O)N2CCCCCC2)CC1. The topological polar surface area (TPSA) is 55.9 Å². The molecule has 6 heteroatoms. The molecule has 2 saturated heterocycles. The standard InChI is InChI=1S/C20H38N4O2/c1-5-20(3,4)21-19(26)17(2)23-14-12-22(13-15-23)16-18(25)24-10-8-6-7-9-11-24/h17H,5-16H2,1-4H3,(H,21,26)/t17-/m0/s1. The molecule has 2 rings (SSSR count). The summed E-state index contributed by atoms with van der Waals surface area (Å²) in [6.07, 6.45) is 5.69. The van der Waals surface area contributed by atoms with Crippen LogP contribution in [0.3, 0.4) is 0 Å². The molecule has 0 spiro atoms. The number of amides is 2. The van der Waals surface area contributed by atoms with Crippen molar-refractivity contribution >= 4 is 11.8 Å². The fraction of sp³-hybridized carbons (Fsp3) is 0.900. The third-order valence-corrected chi connectivity index (χ3v) is 6.00. The molecule has 0 saturated carbocycles. The number of piperazine rings is 1. The summed E-state index contributed by atoms with van der Waals surface area (Å²) in [5, 5.41) is 3.14. The van der Waals surface area contributed by atoms with E-state index in [0.717, 1.165) is 58.5 Å². The first-order valence-corrected chi connectivity index (χ1v) is 10.4. The first-order chi connectivity index (χ1) is 12.3. The normalized spacial score (nSPS) is 21.9. The van der Waals surface area contributed by atoms with E-state index >= 15 is 0 Å². The van der Waals surface area contributed by atoms with Crippen LogP contribution >= 0.6 is 0 Å². The van der Waals surface area contributed by atoms with Gasteiger partial charge in [0.25, 0.3) is 0 Å². The molecular weight excluding hydrogens is 328 g/mol. The van der Waals surface area contributed by atoms with Crippen molar-refractivity contribution in [2.75, 3.05) is 45.8 Å². The van der Waals surface area contributed by atoms with Crippen molar-refractivity contribution in [3.63, 3.8) is 0 Å². The maximum Gasteiger partial charge on any atom is 0.237 e. The van der Waals surface area contributed by atoms with Gasteiger partial charge in [0.1, 0.15) is 0 Å². The van der Waals surface area contributed by atoms with Crippen LogP contribution in [0, 0.1) is 0 Å². The Bertz CT molecular complexity index is 464. The first-order valence-electron chi connectivity index (χ1n) is 10.4. The van der Waals surface area contributed by atoms with Crippen LogP contribution in [0.4, 0.5) is 0 Å². The van der Waals surface area contributed by atoms with Gasteiger partial charge in [-0.15, -0.1) is 0 Å². The Labute approximate surface area is 159 Å². The molecule has 0 unspecified atom stereocenters. The highest BCUT2D eigenvalue weighted by Crippen LogP contribution is 2.13. The second-order valence-corrected chi connectivity index (χ2v) is 8.51. The molecule has 2 aliphatic heterocycles. The summed E-state index contributed by atoms with van der Waals surface area (Å²) < 4.78 is 0. The van der Waals surface area contributed by atoms with Gasteiger partial charge in [-0.25, -0.2) is 0 Å². The van der Waals surface area contributed by atoms with Gasteiger partial charge in [0.15, 0.2) is 0 Å². The summed E-state index contributed by atoms with van der Waals surface area (Å²) in [4.78, 5) is 31.5. The van der Waals surface area contributed by atoms with Gasteiger partial charge in [0.2, 0.25) is 11.8 Å². The number of hydrogen-bond donors (Lipinski definition) is 1. The van der Waals surface area contributed by atoms with E-state index in [4.69, 9.17) is 0 Å².